The zero-order chi connectivity index (χ0) is 44.0. The molecule has 0 N–H and O–H groups in total. The Morgan fingerprint density at radius 1 is 0.459 bits per heavy atom. The zero-order valence-corrected chi connectivity index (χ0v) is 39.4. The maximum Gasteiger partial charge on any atom is 0.137 e. The van der Waals surface area contributed by atoms with Crippen molar-refractivity contribution in [2.45, 2.75) is 131 Å². The van der Waals surface area contributed by atoms with Crippen LogP contribution in [0.3, 0.4) is 0 Å². The molecule has 5 aromatic carbocycles. The molecule has 0 radical (unpaired) electrons. The van der Waals surface area contributed by atoms with Gasteiger partial charge in [-0.1, -0.05) is 140 Å². The van der Waals surface area contributed by atoms with Crippen molar-refractivity contribution in [1.82, 2.24) is 9.55 Å². The number of ether oxygens (including phenoxy) is 1. The first-order valence-corrected chi connectivity index (χ1v) is 22.1. The second kappa shape index (κ2) is 14.5. The first-order valence-electron chi connectivity index (χ1n) is 22.1. The SMILES string of the molecule is CC(C)(C)c1cc(N2CN(c3cccc(Oc4ccc5c6ccccc6n(-c6cc(C(C)(C)C)ccn6)c5c4)c3)c3c2cc(C(C)(C)C)cc3C(C)(C)C)cc(C(C)(C)C)c1. The van der Waals surface area contributed by atoms with Gasteiger partial charge in [-0.2, -0.15) is 0 Å². The largest absolute Gasteiger partial charge is 0.457 e. The number of hydrogen-bond donors (Lipinski definition) is 0. The third-order valence-electron chi connectivity index (χ3n) is 12.4. The van der Waals surface area contributed by atoms with Crippen LogP contribution in [0.1, 0.15) is 132 Å². The second-order valence-electron chi connectivity index (χ2n) is 22.4. The Kier molecular flexibility index (Phi) is 10.0. The molecule has 7 aromatic rings. The van der Waals surface area contributed by atoms with Gasteiger partial charge in [0.2, 0.25) is 0 Å². The maximum absolute atomic E-state index is 6.84. The van der Waals surface area contributed by atoms with E-state index in [0.29, 0.717) is 6.67 Å². The van der Waals surface area contributed by atoms with E-state index in [-0.39, 0.29) is 27.1 Å². The number of nitrogens with zero attached hydrogens (tertiary/aromatic N) is 4. The van der Waals surface area contributed by atoms with Crippen LogP contribution in [-0.2, 0) is 27.1 Å². The van der Waals surface area contributed by atoms with Crippen LogP contribution in [0.15, 0.2) is 115 Å². The van der Waals surface area contributed by atoms with Crippen LogP contribution >= 0.6 is 0 Å². The molecule has 316 valence electrons. The predicted octanol–water partition coefficient (Wildman–Crippen LogP) is 15.7. The van der Waals surface area contributed by atoms with Crippen LogP contribution in [0.2, 0.25) is 0 Å². The molecule has 3 heterocycles. The topological polar surface area (TPSA) is 33.5 Å². The molecule has 0 fully saturated rings. The van der Waals surface area contributed by atoms with E-state index < -0.39 is 0 Å². The minimum Gasteiger partial charge on any atom is -0.457 e. The summed E-state index contributed by atoms with van der Waals surface area (Å²) in [4.78, 5) is 9.95. The Morgan fingerprint density at radius 3 is 1.70 bits per heavy atom. The summed E-state index contributed by atoms with van der Waals surface area (Å²) in [5.41, 5.74) is 13.5. The monoisotopic (exact) mass is 811 g/mol. The second-order valence-corrected chi connectivity index (χ2v) is 22.4. The summed E-state index contributed by atoms with van der Waals surface area (Å²) in [6.45, 7) is 35.4. The molecule has 0 unspecified atom stereocenters. The van der Waals surface area contributed by atoms with Gasteiger partial charge in [0.15, 0.2) is 0 Å². The molecule has 1 aliphatic rings. The van der Waals surface area contributed by atoms with E-state index in [0.717, 1.165) is 34.0 Å². The normalized spacial score (nSPS) is 14.0. The smallest absolute Gasteiger partial charge is 0.137 e. The van der Waals surface area contributed by atoms with Gasteiger partial charge in [-0.15, -0.1) is 0 Å². The highest BCUT2D eigenvalue weighted by Gasteiger charge is 2.37. The van der Waals surface area contributed by atoms with Crippen molar-refractivity contribution in [2.75, 3.05) is 16.5 Å². The molecule has 0 aliphatic carbocycles. The highest BCUT2D eigenvalue weighted by molar-refractivity contribution is 6.09. The summed E-state index contributed by atoms with van der Waals surface area (Å²) in [7, 11) is 0. The Hall–Kier alpha value is -5.55. The van der Waals surface area contributed by atoms with Gasteiger partial charge >= 0.3 is 0 Å². The summed E-state index contributed by atoms with van der Waals surface area (Å²) in [5.74, 6) is 2.48. The van der Waals surface area contributed by atoms with E-state index in [1.165, 1.54) is 55.7 Å². The van der Waals surface area contributed by atoms with Crippen molar-refractivity contribution >= 4 is 44.6 Å². The summed E-state index contributed by atoms with van der Waals surface area (Å²) in [6.07, 6.45) is 1.93. The summed E-state index contributed by atoms with van der Waals surface area (Å²) < 4.78 is 9.12. The molecular formula is C56H66N4O. The molecule has 61 heavy (non-hydrogen) atoms. The Morgan fingerprint density at radius 2 is 1.07 bits per heavy atom. The van der Waals surface area contributed by atoms with Crippen LogP contribution in [0.5, 0.6) is 11.5 Å². The van der Waals surface area contributed by atoms with Gasteiger partial charge in [-0.05, 0) is 116 Å². The Labute approximate surface area is 365 Å². The fourth-order valence-electron chi connectivity index (χ4n) is 8.58. The van der Waals surface area contributed by atoms with Crippen molar-refractivity contribution in [3.05, 3.63) is 143 Å². The van der Waals surface area contributed by atoms with Gasteiger partial charge in [0.05, 0.1) is 22.4 Å². The van der Waals surface area contributed by atoms with E-state index in [1.807, 2.05) is 6.20 Å². The van der Waals surface area contributed by atoms with Gasteiger partial charge in [0.1, 0.15) is 24.0 Å². The van der Waals surface area contributed by atoms with Crippen molar-refractivity contribution in [3.63, 3.8) is 0 Å². The third-order valence-corrected chi connectivity index (χ3v) is 12.4. The standard InChI is InChI=1S/C56H66N4O/c1-52(2,3)36-25-26-57-50(32-36)60-47-22-17-16-21-44(47)45-24-23-43(34-48(45)60)61-42-20-18-19-40(33-42)59-35-58(41-28-37(53(4,5)6)27-38(29-41)54(7,8)9)49-31-39(55(10,11)12)30-46(51(49)59)56(13,14)15/h16-34H,35H2,1-15H3. The van der Waals surface area contributed by atoms with Crippen molar-refractivity contribution < 1.29 is 4.74 Å². The lowest BCUT2D eigenvalue weighted by Crippen LogP contribution is -2.26. The molecule has 0 spiro atoms. The number of para-hydroxylation sites is 1. The minimum atomic E-state index is -0.104. The minimum absolute atomic E-state index is 0.00188. The Bertz CT molecular complexity index is 2760. The summed E-state index contributed by atoms with van der Waals surface area (Å²) in [5, 5.41) is 2.36. The molecule has 5 nitrogen and oxygen atoms in total. The molecule has 5 heteroatoms. The lowest BCUT2D eigenvalue weighted by Gasteiger charge is -2.31. The van der Waals surface area contributed by atoms with Gasteiger partial charge in [-0.3, -0.25) is 4.57 Å². The van der Waals surface area contributed by atoms with Crippen LogP contribution in [-0.4, -0.2) is 16.2 Å². The first kappa shape index (κ1) is 42.2. The fourth-order valence-corrected chi connectivity index (χ4v) is 8.58. The van der Waals surface area contributed by atoms with Gasteiger partial charge < -0.3 is 14.5 Å². The molecule has 0 atom stereocenters. The molecular weight excluding hydrogens is 745 g/mol. The lowest BCUT2D eigenvalue weighted by atomic mass is 9.79. The number of fused-ring (bicyclic) bond motifs is 4. The first-order chi connectivity index (χ1) is 28.4. The molecule has 8 rings (SSSR count). The molecule has 0 saturated carbocycles. The van der Waals surface area contributed by atoms with Crippen LogP contribution in [0, 0.1) is 0 Å². The summed E-state index contributed by atoms with van der Waals surface area (Å²) >= 11 is 0. The van der Waals surface area contributed by atoms with Gasteiger partial charge in [0, 0.05) is 40.5 Å². The van der Waals surface area contributed by atoms with E-state index in [1.54, 1.807) is 0 Å². The predicted molar refractivity (Wildman–Crippen MR) is 261 cm³/mol. The maximum atomic E-state index is 6.84. The van der Waals surface area contributed by atoms with Crippen LogP contribution < -0.4 is 14.5 Å². The molecule has 0 amide bonds. The van der Waals surface area contributed by atoms with Crippen LogP contribution in [0.4, 0.5) is 22.7 Å². The van der Waals surface area contributed by atoms with Crippen molar-refractivity contribution in [1.29, 1.82) is 0 Å². The number of hydrogen-bond acceptors (Lipinski definition) is 4. The number of rotatable bonds is 5. The number of anilines is 4. The van der Waals surface area contributed by atoms with Crippen molar-refractivity contribution in [2.24, 2.45) is 0 Å². The average molecular weight is 811 g/mol. The number of benzene rings is 5. The van der Waals surface area contributed by atoms with E-state index in [2.05, 4.69) is 227 Å². The number of pyridine rings is 1. The third kappa shape index (κ3) is 8.05. The lowest BCUT2D eigenvalue weighted by molar-refractivity contribution is 0.483. The quantitative estimate of drug-likeness (QED) is 0.173. The molecule has 1 aliphatic heterocycles. The van der Waals surface area contributed by atoms with Crippen LogP contribution in [0.25, 0.3) is 27.6 Å². The van der Waals surface area contributed by atoms with Crippen molar-refractivity contribution in [3.8, 4) is 17.3 Å². The van der Waals surface area contributed by atoms with E-state index in [4.69, 9.17) is 9.72 Å². The highest BCUT2D eigenvalue weighted by Crippen LogP contribution is 2.52. The molecule has 0 saturated heterocycles. The average Bonchev–Trinajstić information content (AvgIpc) is 3.72. The fraction of sp³-hybridized carbons (Fsp3) is 0.375. The zero-order valence-electron chi connectivity index (χ0n) is 39.4. The molecule has 0 bridgehead atoms. The van der Waals surface area contributed by atoms with E-state index in [9.17, 15) is 0 Å². The number of aromatic nitrogens is 2. The van der Waals surface area contributed by atoms with E-state index >= 15 is 0 Å². The summed E-state index contributed by atoms with van der Waals surface area (Å²) in [6, 6.07) is 40.2. The Balaban J connectivity index is 1.25. The molecule has 2 aromatic heterocycles. The van der Waals surface area contributed by atoms with Gasteiger partial charge in [0.25, 0.3) is 0 Å². The highest BCUT2D eigenvalue weighted by atomic mass is 16.5. The van der Waals surface area contributed by atoms with Gasteiger partial charge in [-0.25, -0.2) is 4.98 Å².